The number of amidine groups is 1. The molecular formula is C15H12ClF2N3S3. The van der Waals surface area contributed by atoms with Crippen LogP contribution < -0.4 is 5.73 Å². The lowest BCUT2D eigenvalue weighted by molar-refractivity contribution is 0.589. The van der Waals surface area contributed by atoms with Gasteiger partial charge in [-0.1, -0.05) is 6.07 Å². The molecule has 1 aromatic carbocycles. The zero-order valence-corrected chi connectivity index (χ0v) is 15.6. The number of hydrogen-bond acceptors (Lipinski definition) is 5. The SMILES string of the molecule is CSc1sc(C(=N)N)cc1-c1nc(-c2c(F)cccc2F)cs1.Cl. The van der Waals surface area contributed by atoms with Crippen LogP contribution in [0, 0.1) is 17.0 Å². The Bertz CT molecular complexity index is 872. The minimum absolute atomic E-state index is 0. The first kappa shape index (κ1) is 18.9. The number of aromatic nitrogens is 1. The van der Waals surface area contributed by atoms with E-state index >= 15 is 0 Å². The molecule has 0 atom stereocenters. The molecule has 24 heavy (non-hydrogen) atoms. The smallest absolute Gasteiger partial charge is 0.135 e. The van der Waals surface area contributed by atoms with E-state index in [1.807, 2.05) is 6.26 Å². The molecule has 0 radical (unpaired) electrons. The van der Waals surface area contributed by atoms with E-state index in [-0.39, 0.29) is 29.5 Å². The lowest BCUT2D eigenvalue weighted by Gasteiger charge is -2.00. The Morgan fingerprint density at radius 1 is 1.29 bits per heavy atom. The van der Waals surface area contributed by atoms with Gasteiger partial charge in [-0.25, -0.2) is 13.8 Å². The van der Waals surface area contributed by atoms with Crippen LogP contribution in [0.4, 0.5) is 8.78 Å². The van der Waals surface area contributed by atoms with E-state index in [2.05, 4.69) is 4.98 Å². The normalized spacial score (nSPS) is 10.5. The van der Waals surface area contributed by atoms with Crippen molar-refractivity contribution >= 4 is 52.7 Å². The van der Waals surface area contributed by atoms with Gasteiger partial charge >= 0.3 is 0 Å². The number of nitrogen functional groups attached to an aromatic ring is 1. The summed E-state index contributed by atoms with van der Waals surface area (Å²) < 4.78 is 28.7. The Hall–Kier alpha value is -1.48. The summed E-state index contributed by atoms with van der Waals surface area (Å²) in [4.78, 5) is 5.03. The number of nitrogens with two attached hydrogens (primary N) is 1. The second-order valence-electron chi connectivity index (χ2n) is 4.56. The van der Waals surface area contributed by atoms with Crippen LogP contribution in [-0.2, 0) is 0 Å². The molecule has 0 amide bonds. The molecule has 0 spiro atoms. The molecule has 0 unspecified atom stereocenters. The third-order valence-electron chi connectivity index (χ3n) is 3.10. The number of nitrogens with one attached hydrogen (secondary N) is 1. The number of benzene rings is 1. The number of thioether (sulfide) groups is 1. The fourth-order valence-corrected chi connectivity index (χ4v) is 4.75. The first-order valence-electron chi connectivity index (χ1n) is 6.43. The molecule has 2 aromatic heterocycles. The van der Waals surface area contributed by atoms with Gasteiger partial charge in [0.05, 0.1) is 20.3 Å². The van der Waals surface area contributed by atoms with E-state index < -0.39 is 11.6 Å². The molecule has 3 aromatic rings. The number of hydrogen-bond donors (Lipinski definition) is 2. The topological polar surface area (TPSA) is 62.8 Å². The second-order valence-corrected chi connectivity index (χ2v) is 7.55. The fraction of sp³-hybridized carbons (Fsp3) is 0.0667. The average molecular weight is 404 g/mol. The van der Waals surface area contributed by atoms with E-state index in [4.69, 9.17) is 11.1 Å². The third kappa shape index (κ3) is 3.46. The highest BCUT2D eigenvalue weighted by molar-refractivity contribution is 8.00. The molecule has 126 valence electrons. The highest BCUT2D eigenvalue weighted by Crippen LogP contribution is 2.40. The summed E-state index contributed by atoms with van der Waals surface area (Å²) in [7, 11) is 0. The predicted molar refractivity (Wildman–Crippen MR) is 101 cm³/mol. The van der Waals surface area contributed by atoms with Gasteiger partial charge in [-0.15, -0.1) is 46.8 Å². The van der Waals surface area contributed by atoms with Crippen molar-refractivity contribution in [3.05, 3.63) is 46.2 Å². The maximum absolute atomic E-state index is 13.9. The monoisotopic (exact) mass is 403 g/mol. The van der Waals surface area contributed by atoms with Crippen molar-refractivity contribution in [1.82, 2.24) is 4.98 Å². The summed E-state index contributed by atoms with van der Waals surface area (Å²) in [6.07, 6.45) is 1.92. The van der Waals surface area contributed by atoms with Crippen molar-refractivity contribution in [2.75, 3.05) is 6.26 Å². The fourth-order valence-electron chi connectivity index (χ4n) is 2.06. The molecule has 3 nitrogen and oxygen atoms in total. The van der Waals surface area contributed by atoms with Gasteiger partial charge in [0.2, 0.25) is 0 Å². The van der Waals surface area contributed by atoms with Crippen LogP contribution in [0.25, 0.3) is 21.8 Å². The Morgan fingerprint density at radius 3 is 2.54 bits per heavy atom. The molecule has 0 aliphatic carbocycles. The minimum atomic E-state index is -0.637. The molecule has 0 bridgehead atoms. The van der Waals surface area contributed by atoms with Gasteiger partial charge in [-0.2, -0.15) is 0 Å². The van der Waals surface area contributed by atoms with Crippen LogP contribution in [0.1, 0.15) is 4.88 Å². The van der Waals surface area contributed by atoms with Crippen LogP contribution in [0.5, 0.6) is 0 Å². The summed E-state index contributed by atoms with van der Waals surface area (Å²) in [5.74, 6) is -1.28. The number of rotatable bonds is 4. The Labute approximate surface area is 155 Å². The van der Waals surface area contributed by atoms with Crippen LogP contribution in [-0.4, -0.2) is 17.1 Å². The summed E-state index contributed by atoms with van der Waals surface area (Å²) in [6.45, 7) is 0. The summed E-state index contributed by atoms with van der Waals surface area (Å²) in [5.41, 5.74) is 6.51. The van der Waals surface area contributed by atoms with E-state index in [0.29, 0.717) is 9.88 Å². The maximum Gasteiger partial charge on any atom is 0.135 e. The van der Waals surface area contributed by atoms with Gasteiger partial charge in [0.1, 0.15) is 22.5 Å². The van der Waals surface area contributed by atoms with Crippen LogP contribution in [0.15, 0.2) is 33.9 Å². The van der Waals surface area contributed by atoms with Crippen molar-refractivity contribution in [3.63, 3.8) is 0 Å². The lowest BCUT2D eigenvalue weighted by atomic mass is 10.1. The molecular weight excluding hydrogens is 392 g/mol. The van der Waals surface area contributed by atoms with Gasteiger partial charge in [0.15, 0.2) is 0 Å². The van der Waals surface area contributed by atoms with Gasteiger partial charge in [-0.05, 0) is 24.5 Å². The molecule has 9 heteroatoms. The highest BCUT2D eigenvalue weighted by Gasteiger charge is 2.18. The van der Waals surface area contributed by atoms with E-state index in [0.717, 1.165) is 9.77 Å². The summed E-state index contributed by atoms with van der Waals surface area (Å²) in [5, 5.41) is 9.82. The maximum atomic E-state index is 13.9. The van der Waals surface area contributed by atoms with E-state index in [9.17, 15) is 8.78 Å². The molecule has 0 fully saturated rings. The van der Waals surface area contributed by atoms with Crippen molar-refractivity contribution < 1.29 is 8.78 Å². The molecule has 3 N–H and O–H groups in total. The molecule has 3 rings (SSSR count). The number of thiophene rings is 1. The average Bonchev–Trinajstić information content (AvgIpc) is 3.13. The van der Waals surface area contributed by atoms with E-state index in [1.54, 1.807) is 11.4 Å². The number of nitrogens with zero attached hydrogens (tertiary/aromatic N) is 1. The van der Waals surface area contributed by atoms with Gasteiger partial charge in [0.25, 0.3) is 0 Å². The predicted octanol–water partition coefficient (Wildman–Crippen LogP) is 5.24. The Balaban J connectivity index is 0.00000208. The molecule has 0 aliphatic heterocycles. The van der Waals surface area contributed by atoms with Crippen molar-refractivity contribution in [3.8, 4) is 21.8 Å². The Kier molecular flexibility index (Phi) is 5.97. The standard InChI is InChI=1S/C15H11F2N3S3.ClH/c1-21-15-7(5-11(23-15)13(18)19)14-20-10(6-22-14)12-8(16)3-2-4-9(12)17;/h2-6H,1H3,(H3,18,19);1H. The second kappa shape index (κ2) is 7.60. The van der Waals surface area contributed by atoms with Gasteiger partial charge in [-0.3, -0.25) is 5.41 Å². The summed E-state index contributed by atoms with van der Waals surface area (Å²) in [6, 6.07) is 5.54. The highest BCUT2D eigenvalue weighted by atomic mass is 35.5. The van der Waals surface area contributed by atoms with Crippen LogP contribution in [0.3, 0.4) is 0 Å². The lowest BCUT2D eigenvalue weighted by Crippen LogP contribution is -2.08. The minimum Gasteiger partial charge on any atom is -0.383 e. The van der Waals surface area contributed by atoms with Gasteiger partial charge < -0.3 is 5.73 Å². The zero-order valence-electron chi connectivity index (χ0n) is 12.3. The largest absolute Gasteiger partial charge is 0.383 e. The number of thiazole rings is 1. The molecule has 0 saturated heterocycles. The number of halogens is 3. The van der Waals surface area contributed by atoms with E-state index in [1.165, 1.54) is 52.6 Å². The van der Waals surface area contributed by atoms with Crippen molar-refractivity contribution in [1.29, 1.82) is 5.41 Å². The van der Waals surface area contributed by atoms with Crippen molar-refractivity contribution in [2.45, 2.75) is 4.21 Å². The quantitative estimate of drug-likeness (QED) is 0.355. The Morgan fingerprint density at radius 2 is 1.96 bits per heavy atom. The van der Waals surface area contributed by atoms with Gasteiger partial charge in [0, 0.05) is 10.9 Å². The molecule has 2 heterocycles. The van der Waals surface area contributed by atoms with Crippen molar-refractivity contribution in [2.24, 2.45) is 5.73 Å². The first-order valence-corrected chi connectivity index (χ1v) is 9.36. The summed E-state index contributed by atoms with van der Waals surface area (Å²) >= 11 is 4.24. The zero-order chi connectivity index (χ0) is 16.6. The molecule has 0 saturated carbocycles. The third-order valence-corrected chi connectivity index (χ3v) is 6.28. The van der Waals surface area contributed by atoms with Crippen LogP contribution in [0.2, 0.25) is 0 Å². The van der Waals surface area contributed by atoms with Crippen LogP contribution >= 0.6 is 46.8 Å². The molecule has 0 aliphatic rings. The first-order chi connectivity index (χ1) is 11.0.